The number of carbonyl (C=O) groups excluding carboxylic acids is 2. The van der Waals surface area contributed by atoms with Gasteiger partial charge in [0.25, 0.3) is 5.91 Å². The Bertz CT molecular complexity index is 974. The highest BCUT2D eigenvalue weighted by Gasteiger charge is 2.24. The molecule has 1 saturated heterocycles. The van der Waals surface area contributed by atoms with Gasteiger partial charge in [0.2, 0.25) is 5.91 Å². The molecule has 2 aromatic carbocycles. The van der Waals surface area contributed by atoms with Crippen molar-refractivity contribution in [1.82, 2.24) is 14.4 Å². The van der Waals surface area contributed by atoms with Crippen molar-refractivity contribution < 1.29 is 9.59 Å². The zero-order chi connectivity index (χ0) is 20.2. The summed E-state index contributed by atoms with van der Waals surface area (Å²) in [5.74, 6) is 0.0874. The van der Waals surface area contributed by atoms with Gasteiger partial charge in [-0.2, -0.15) is 0 Å². The van der Waals surface area contributed by atoms with E-state index in [1.165, 1.54) is 0 Å². The first-order chi connectivity index (χ1) is 14.1. The topological polar surface area (TPSA) is 45.6 Å². The van der Waals surface area contributed by atoms with Crippen molar-refractivity contribution in [3.8, 4) is 5.69 Å². The van der Waals surface area contributed by atoms with Crippen molar-refractivity contribution in [3.05, 3.63) is 89.2 Å². The second-order valence-electron chi connectivity index (χ2n) is 7.11. The normalized spacial score (nSPS) is 14.1. The average molecular weight is 408 g/mol. The Labute approximate surface area is 175 Å². The summed E-state index contributed by atoms with van der Waals surface area (Å²) in [5, 5.41) is 0.662. The van der Waals surface area contributed by atoms with Crippen LogP contribution in [-0.2, 0) is 11.2 Å². The zero-order valence-electron chi connectivity index (χ0n) is 16.0. The molecule has 0 atom stereocenters. The third-order valence-electron chi connectivity index (χ3n) is 5.21. The van der Waals surface area contributed by atoms with Gasteiger partial charge in [0, 0.05) is 54.8 Å². The molecule has 1 aliphatic rings. The summed E-state index contributed by atoms with van der Waals surface area (Å²) in [6.07, 6.45) is 4.29. The lowest BCUT2D eigenvalue weighted by Gasteiger charge is -2.35. The molecule has 29 heavy (non-hydrogen) atoms. The van der Waals surface area contributed by atoms with Gasteiger partial charge >= 0.3 is 0 Å². The SMILES string of the molecule is O=C(Cc1ccc(Cl)cc1)N1CCN(C(=O)c2ccc(-n3cccc3)cc2)CC1. The molecule has 5 nitrogen and oxygen atoms in total. The maximum Gasteiger partial charge on any atom is 0.253 e. The van der Waals surface area contributed by atoms with Crippen LogP contribution in [0.5, 0.6) is 0 Å². The fourth-order valence-corrected chi connectivity index (χ4v) is 3.64. The van der Waals surface area contributed by atoms with E-state index in [9.17, 15) is 9.59 Å². The van der Waals surface area contributed by atoms with E-state index in [1.54, 1.807) is 12.1 Å². The van der Waals surface area contributed by atoms with Gasteiger partial charge in [-0.25, -0.2) is 0 Å². The summed E-state index contributed by atoms with van der Waals surface area (Å²) in [6, 6.07) is 18.9. The molecule has 0 aliphatic carbocycles. The molecular weight excluding hydrogens is 386 g/mol. The van der Waals surface area contributed by atoms with Crippen LogP contribution in [-0.4, -0.2) is 52.4 Å². The van der Waals surface area contributed by atoms with Crippen molar-refractivity contribution in [2.45, 2.75) is 6.42 Å². The lowest BCUT2D eigenvalue weighted by Crippen LogP contribution is -2.51. The standard InChI is InChI=1S/C23H22ClN3O2/c24-20-7-3-18(4-8-20)17-22(28)26-13-15-27(16-14-26)23(29)19-5-9-21(10-6-19)25-11-1-2-12-25/h1-12H,13-17H2. The van der Waals surface area contributed by atoms with Crippen LogP contribution in [0.3, 0.4) is 0 Å². The summed E-state index contributed by atoms with van der Waals surface area (Å²) < 4.78 is 2.00. The summed E-state index contributed by atoms with van der Waals surface area (Å²) in [7, 11) is 0. The van der Waals surface area contributed by atoms with Crippen LogP contribution >= 0.6 is 11.6 Å². The lowest BCUT2D eigenvalue weighted by molar-refractivity contribution is -0.131. The summed E-state index contributed by atoms with van der Waals surface area (Å²) in [4.78, 5) is 29.0. The predicted molar refractivity (Wildman–Crippen MR) is 113 cm³/mol. The number of carbonyl (C=O) groups is 2. The van der Waals surface area contributed by atoms with Crippen molar-refractivity contribution in [3.63, 3.8) is 0 Å². The third-order valence-corrected chi connectivity index (χ3v) is 5.46. The minimum Gasteiger partial charge on any atom is -0.339 e. The van der Waals surface area contributed by atoms with Gasteiger partial charge in [-0.05, 0) is 54.1 Å². The molecule has 4 rings (SSSR count). The van der Waals surface area contributed by atoms with Crippen LogP contribution in [0.2, 0.25) is 5.02 Å². The molecule has 0 bridgehead atoms. The molecular formula is C23H22ClN3O2. The van der Waals surface area contributed by atoms with Crippen molar-refractivity contribution >= 4 is 23.4 Å². The van der Waals surface area contributed by atoms with Crippen LogP contribution in [0.4, 0.5) is 0 Å². The predicted octanol–water partition coefficient (Wildman–Crippen LogP) is 3.66. The van der Waals surface area contributed by atoms with E-state index >= 15 is 0 Å². The molecule has 0 spiro atoms. The van der Waals surface area contributed by atoms with Gasteiger partial charge in [0.05, 0.1) is 6.42 Å². The van der Waals surface area contributed by atoms with Gasteiger partial charge in [-0.3, -0.25) is 9.59 Å². The molecule has 2 amide bonds. The number of amides is 2. The quantitative estimate of drug-likeness (QED) is 0.662. The molecule has 1 fully saturated rings. The van der Waals surface area contributed by atoms with Gasteiger partial charge < -0.3 is 14.4 Å². The Morgan fingerprint density at radius 3 is 2.00 bits per heavy atom. The second-order valence-corrected chi connectivity index (χ2v) is 7.55. The van der Waals surface area contributed by atoms with Gasteiger partial charge in [-0.1, -0.05) is 23.7 Å². The highest BCUT2D eigenvalue weighted by atomic mass is 35.5. The highest BCUT2D eigenvalue weighted by molar-refractivity contribution is 6.30. The smallest absolute Gasteiger partial charge is 0.253 e. The number of hydrogen-bond acceptors (Lipinski definition) is 2. The van der Waals surface area contributed by atoms with E-state index in [1.807, 2.05) is 75.3 Å². The number of aromatic nitrogens is 1. The minimum absolute atomic E-state index is 0.00820. The van der Waals surface area contributed by atoms with Crippen LogP contribution in [0.15, 0.2) is 73.1 Å². The second kappa shape index (κ2) is 8.53. The Morgan fingerprint density at radius 2 is 1.38 bits per heavy atom. The van der Waals surface area contributed by atoms with Crippen molar-refractivity contribution in [2.24, 2.45) is 0 Å². The summed E-state index contributed by atoms with van der Waals surface area (Å²) in [5.41, 5.74) is 2.63. The van der Waals surface area contributed by atoms with Crippen LogP contribution in [0.25, 0.3) is 5.69 Å². The Morgan fingerprint density at radius 1 is 0.793 bits per heavy atom. The first-order valence-corrected chi connectivity index (χ1v) is 10.0. The first kappa shape index (κ1) is 19.3. The zero-order valence-corrected chi connectivity index (χ0v) is 16.8. The molecule has 1 aliphatic heterocycles. The lowest BCUT2D eigenvalue weighted by atomic mass is 10.1. The molecule has 148 valence electrons. The molecule has 0 radical (unpaired) electrons. The fraction of sp³-hybridized carbons (Fsp3) is 0.217. The fourth-order valence-electron chi connectivity index (χ4n) is 3.51. The first-order valence-electron chi connectivity index (χ1n) is 9.65. The van der Waals surface area contributed by atoms with Crippen LogP contribution < -0.4 is 0 Å². The number of hydrogen-bond donors (Lipinski definition) is 0. The van der Waals surface area contributed by atoms with E-state index < -0.39 is 0 Å². The average Bonchev–Trinajstić information content (AvgIpc) is 3.30. The van der Waals surface area contributed by atoms with Crippen molar-refractivity contribution in [2.75, 3.05) is 26.2 Å². The summed E-state index contributed by atoms with van der Waals surface area (Å²) in [6.45, 7) is 2.20. The molecule has 3 aromatic rings. The minimum atomic E-state index is 0.00820. The monoisotopic (exact) mass is 407 g/mol. The van der Waals surface area contributed by atoms with E-state index in [0.29, 0.717) is 43.2 Å². The Hall–Kier alpha value is -3.05. The molecule has 0 saturated carbocycles. The Kier molecular flexibility index (Phi) is 5.67. The van der Waals surface area contributed by atoms with Crippen molar-refractivity contribution in [1.29, 1.82) is 0 Å². The number of piperazine rings is 1. The van der Waals surface area contributed by atoms with Crippen LogP contribution in [0.1, 0.15) is 15.9 Å². The van der Waals surface area contributed by atoms with E-state index in [2.05, 4.69) is 0 Å². The number of benzene rings is 2. The van der Waals surface area contributed by atoms with E-state index in [0.717, 1.165) is 11.3 Å². The van der Waals surface area contributed by atoms with Gasteiger partial charge in [0.15, 0.2) is 0 Å². The summed E-state index contributed by atoms with van der Waals surface area (Å²) >= 11 is 5.89. The highest BCUT2D eigenvalue weighted by Crippen LogP contribution is 2.15. The molecule has 6 heteroatoms. The number of halogens is 1. The maximum absolute atomic E-state index is 12.8. The molecule has 1 aromatic heterocycles. The molecule has 0 unspecified atom stereocenters. The number of rotatable bonds is 4. The van der Waals surface area contributed by atoms with E-state index in [-0.39, 0.29) is 11.8 Å². The van der Waals surface area contributed by atoms with E-state index in [4.69, 9.17) is 11.6 Å². The van der Waals surface area contributed by atoms with Gasteiger partial charge in [-0.15, -0.1) is 0 Å². The maximum atomic E-state index is 12.8. The molecule has 0 N–H and O–H groups in total. The molecule has 2 heterocycles. The largest absolute Gasteiger partial charge is 0.339 e. The van der Waals surface area contributed by atoms with Crippen LogP contribution in [0, 0.1) is 0 Å². The third kappa shape index (κ3) is 4.51. The number of nitrogens with zero attached hydrogens (tertiary/aromatic N) is 3. The van der Waals surface area contributed by atoms with Gasteiger partial charge in [0.1, 0.15) is 0 Å². The Balaban J connectivity index is 1.32.